The Morgan fingerprint density at radius 3 is 2.05 bits per heavy atom. The molecular weight excluding hydrogens is 716 g/mol. The number of amides is 5. The molecule has 296 valence electrons. The Bertz CT molecular complexity index is 1860. The Morgan fingerprint density at radius 1 is 0.804 bits per heavy atom. The first-order valence-electron chi connectivity index (χ1n) is 18.9. The Kier molecular flexibility index (Phi) is 14.5. The van der Waals surface area contributed by atoms with Gasteiger partial charge >= 0.3 is 5.97 Å². The predicted molar refractivity (Wildman–Crippen MR) is 208 cm³/mol. The number of nitrogens with one attached hydrogen (secondary N) is 4. The topological polar surface area (TPSA) is 238 Å². The maximum atomic E-state index is 14.3. The number of guanidine groups is 1. The molecule has 2 saturated heterocycles. The number of carboxylic acid groups (broad SMARTS) is 1. The van der Waals surface area contributed by atoms with Crippen LogP contribution in [0.5, 0.6) is 0 Å². The SMILES string of the molecule is NC(N)=NCCC[C@H](NC(=O)[C@@H]1C[C@H](Cc2ccccc2)[C@H]2CC[C@H](NC(=O)Cc3ccccc3)C(=O)N21)C(=O)N[C@@H](CC(=O)O)C(=O)NCc1ccccc1. The third-order valence-electron chi connectivity index (χ3n) is 10.2. The van der Waals surface area contributed by atoms with Crippen molar-refractivity contribution in [3.8, 4) is 0 Å². The summed E-state index contributed by atoms with van der Waals surface area (Å²) in [7, 11) is 0. The van der Waals surface area contributed by atoms with Gasteiger partial charge in [0.15, 0.2) is 5.96 Å². The van der Waals surface area contributed by atoms with Crippen molar-refractivity contribution >= 4 is 41.5 Å². The van der Waals surface area contributed by atoms with E-state index in [2.05, 4.69) is 26.3 Å². The number of nitrogens with two attached hydrogens (primary N) is 2. The Morgan fingerprint density at radius 2 is 1.43 bits per heavy atom. The normalized spacial score (nSPS) is 19.8. The number of aliphatic carboxylic acids is 1. The van der Waals surface area contributed by atoms with Crippen molar-refractivity contribution in [3.05, 3.63) is 108 Å². The molecule has 15 nitrogen and oxygen atoms in total. The molecule has 0 aliphatic carbocycles. The molecule has 0 spiro atoms. The summed E-state index contributed by atoms with van der Waals surface area (Å²) in [5.74, 6) is -4.30. The third-order valence-corrected chi connectivity index (χ3v) is 10.2. The average molecular weight is 767 g/mol. The zero-order valence-electron chi connectivity index (χ0n) is 31.1. The largest absolute Gasteiger partial charge is 0.481 e. The van der Waals surface area contributed by atoms with E-state index in [9.17, 15) is 33.9 Å². The number of nitrogens with zero attached hydrogens (tertiary/aromatic N) is 2. The molecule has 9 N–H and O–H groups in total. The summed E-state index contributed by atoms with van der Waals surface area (Å²) < 4.78 is 0. The van der Waals surface area contributed by atoms with Crippen molar-refractivity contribution in [3.63, 3.8) is 0 Å². The van der Waals surface area contributed by atoms with Crippen LogP contribution in [0.2, 0.25) is 0 Å². The molecule has 0 aromatic heterocycles. The molecule has 0 saturated carbocycles. The second-order valence-electron chi connectivity index (χ2n) is 14.2. The van der Waals surface area contributed by atoms with Crippen LogP contribution in [-0.4, -0.2) is 88.2 Å². The molecule has 0 bridgehead atoms. The summed E-state index contributed by atoms with van der Waals surface area (Å²) in [6.45, 7) is 0.243. The van der Waals surface area contributed by atoms with E-state index in [1.807, 2.05) is 66.7 Å². The summed E-state index contributed by atoms with van der Waals surface area (Å²) in [5.41, 5.74) is 13.6. The van der Waals surface area contributed by atoms with E-state index < -0.39 is 54.3 Å². The molecule has 3 aromatic carbocycles. The Balaban J connectivity index is 1.34. The first kappa shape index (κ1) is 40.9. The van der Waals surface area contributed by atoms with Gasteiger partial charge in [-0.3, -0.25) is 33.8 Å². The number of hydrogen-bond acceptors (Lipinski definition) is 7. The number of fused-ring (bicyclic) bond motifs is 1. The van der Waals surface area contributed by atoms with Crippen molar-refractivity contribution in [2.45, 2.75) is 88.1 Å². The van der Waals surface area contributed by atoms with Gasteiger partial charge in [-0.15, -0.1) is 0 Å². The number of carboxylic acids is 1. The maximum absolute atomic E-state index is 14.3. The van der Waals surface area contributed by atoms with Gasteiger partial charge in [0.25, 0.3) is 0 Å². The van der Waals surface area contributed by atoms with E-state index in [0.29, 0.717) is 25.7 Å². The van der Waals surface area contributed by atoms with Crippen molar-refractivity contribution in [2.75, 3.05) is 6.54 Å². The van der Waals surface area contributed by atoms with E-state index in [1.54, 1.807) is 29.2 Å². The lowest BCUT2D eigenvalue weighted by Crippen LogP contribution is -2.61. The molecular formula is C41H50N8O7. The average Bonchev–Trinajstić information content (AvgIpc) is 3.55. The zero-order chi connectivity index (χ0) is 40.0. The van der Waals surface area contributed by atoms with Crippen LogP contribution in [0, 0.1) is 5.92 Å². The van der Waals surface area contributed by atoms with E-state index in [1.165, 1.54) is 0 Å². The summed E-state index contributed by atoms with van der Waals surface area (Å²) in [5, 5.41) is 20.5. The highest BCUT2D eigenvalue weighted by atomic mass is 16.4. The summed E-state index contributed by atoms with van der Waals surface area (Å²) >= 11 is 0. The minimum atomic E-state index is -1.45. The zero-order valence-corrected chi connectivity index (χ0v) is 31.1. The molecule has 6 atom stereocenters. The second-order valence-corrected chi connectivity index (χ2v) is 14.2. The number of aliphatic imine (C=N–C) groups is 1. The van der Waals surface area contributed by atoms with Crippen LogP contribution < -0.4 is 32.7 Å². The van der Waals surface area contributed by atoms with Crippen LogP contribution in [0.25, 0.3) is 0 Å². The van der Waals surface area contributed by atoms with Gasteiger partial charge in [0, 0.05) is 19.1 Å². The van der Waals surface area contributed by atoms with Gasteiger partial charge in [-0.2, -0.15) is 0 Å². The molecule has 56 heavy (non-hydrogen) atoms. The van der Waals surface area contributed by atoms with Crippen LogP contribution in [0.1, 0.15) is 55.2 Å². The van der Waals surface area contributed by atoms with Crippen LogP contribution in [0.15, 0.2) is 96.0 Å². The minimum Gasteiger partial charge on any atom is -0.481 e. The lowest BCUT2D eigenvalue weighted by molar-refractivity contribution is -0.147. The molecule has 2 heterocycles. The van der Waals surface area contributed by atoms with Gasteiger partial charge in [0.1, 0.15) is 24.2 Å². The van der Waals surface area contributed by atoms with E-state index in [0.717, 1.165) is 16.7 Å². The fourth-order valence-electron chi connectivity index (χ4n) is 7.48. The molecule has 2 fully saturated rings. The summed E-state index contributed by atoms with van der Waals surface area (Å²) in [6.07, 6.45) is 1.57. The number of rotatable bonds is 18. The highest BCUT2D eigenvalue weighted by Gasteiger charge is 2.51. The predicted octanol–water partition coefficient (Wildman–Crippen LogP) is 1.15. The quantitative estimate of drug-likeness (QED) is 0.0558. The van der Waals surface area contributed by atoms with Crippen molar-refractivity contribution < 1.29 is 33.9 Å². The van der Waals surface area contributed by atoms with Gasteiger partial charge in [-0.25, -0.2) is 0 Å². The molecule has 5 rings (SSSR count). The smallest absolute Gasteiger partial charge is 0.305 e. The van der Waals surface area contributed by atoms with Gasteiger partial charge in [-0.1, -0.05) is 91.0 Å². The fraction of sp³-hybridized carbons (Fsp3) is 0.390. The van der Waals surface area contributed by atoms with E-state index >= 15 is 0 Å². The van der Waals surface area contributed by atoms with Crippen molar-refractivity contribution in [1.82, 2.24) is 26.2 Å². The van der Waals surface area contributed by atoms with Crippen molar-refractivity contribution in [1.29, 1.82) is 0 Å². The Labute approximate surface area is 325 Å². The highest BCUT2D eigenvalue weighted by Crippen LogP contribution is 2.39. The first-order chi connectivity index (χ1) is 27.0. The lowest BCUT2D eigenvalue weighted by Gasteiger charge is -2.39. The van der Waals surface area contributed by atoms with Gasteiger partial charge in [0.2, 0.25) is 29.5 Å². The minimum absolute atomic E-state index is 0.0372. The monoisotopic (exact) mass is 766 g/mol. The van der Waals surface area contributed by atoms with Crippen LogP contribution in [0.4, 0.5) is 0 Å². The standard InChI is InChI=1S/C41H50N8O7/c42-41(43)44-20-10-17-30(38(54)48-32(24-36(51)52)37(53)45-25-28-15-8-3-9-16-28)47-39(55)34-23-29(21-26-11-4-1-5-12-26)33-19-18-31(40(56)49(33)34)46-35(50)22-27-13-6-2-7-14-27/h1-9,11-16,29-34H,10,17-25H2,(H,45,53)(H,46,50)(H,47,55)(H,48,54)(H,51,52)(H4,42,43,44)/t29-,30-,31-,32-,33+,34-/m0/s1. The van der Waals surface area contributed by atoms with Crippen LogP contribution in [-0.2, 0) is 48.2 Å². The van der Waals surface area contributed by atoms with Gasteiger partial charge < -0.3 is 42.7 Å². The molecule has 2 aliphatic rings. The van der Waals surface area contributed by atoms with Crippen LogP contribution >= 0.6 is 0 Å². The van der Waals surface area contributed by atoms with Gasteiger partial charge in [-0.05, 0) is 61.1 Å². The number of piperidine rings is 1. The Hall–Kier alpha value is -6.25. The molecule has 3 aromatic rings. The van der Waals surface area contributed by atoms with E-state index in [-0.39, 0.29) is 62.1 Å². The number of carbonyl (C=O) groups is 6. The molecule has 0 unspecified atom stereocenters. The summed E-state index contributed by atoms with van der Waals surface area (Å²) in [6, 6.07) is 23.2. The molecule has 15 heteroatoms. The van der Waals surface area contributed by atoms with Crippen LogP contribution in [0.3, 0.4) is 0 Å². The number of benzene rings is 3. The lowest BCUT2D eigenvalue weighted by atomic mass is 9.86. The second kappa shape index (κ2) is 19.9. The first-order valence-corrected chi connectivity index (χ1v) is 18.9. The third kappa shape index (κ3) is 11.6. The molecule has 5 amide bonds. The fourth-order valence-corrected chi connectivity index (χ4v) is 7.48. The molecule has 2 aliphatic heterocycles. The van der Waals surface area contributed by atoms with Crippen molar-refractivity contribution in [2.24, 2.45) is 22.4 Å². The highest BCUT2D eigenvalue weighted by molar-refractivity contribution is 5.97. The van der Waals surface area contributed by atoms with Gasteiger partial charge in [0.05, 0.1) is 12.8 Å². The summed E-state index contributed by atoms with van der Waals surface area (Å²) in [4.78, 5) is 85.9. The number of carbonyl (C=O) groups excluding carboxylic acids is 5. The number of hydrogen-bond donors (Lipinski definition) is 7. The maximum Gasteiger partial charge on any atom is 0.305 e. The molecule has 0 radical (unpaired) electrons. The van der Waals surface area contributed by atoms with E-state index in [4.69, 9.17) is 11.5 Å².